The highest BCUT2D eigenvalue weighted by atomic mass is 16.5. The molecule has 0 aliphatic carbocycles. The van der Waals surface area contributed by atoms with Gasteiger partial charge in [0.25, 0.3) is 0 Å². The molecule has 6 heteroatoms. The summed E-state index contributed by atoms with van der Waals surface area (Å²) in [5, 5.41) is 11.2. The van der Waals surface area contributed by atoms with Crippen molar-refractivity contribution in [2.75, 3.05) is 26.2 Å². The number of guanidine groups is 1. The largest absolute Gasteiger partial charge is 0.378 e. The Morgan fingerprint density at radius 1 is 1.43 bits per heavy atom. The van der Waals surface area contributed by atoms with Gasteiger partial charge in [-0.1, -0.05) is 0 Å². The summed E-state index contributed by atoms with van der Waals surface area (Å²) < 4.78 is 7.70. The summed E-state index contributed by atoms with van der Waals surface area (Å²) >= 11 is 0. The zero-order chi connectivity index (χ0) is 16.5. The summed E-state index contributed by atoms with van der Waals surface area (Å²) in [5.41, 5.74) is 2.29. The quantitative estimate of drug-likeness (QED) is 0.437. The van der Waals surface area contributed by atoms with E-state index in [1.54, 1.807) is 0 Å². The molecule has 1 unspecified atom stereocenters. The van der Waals surface area contributed by atoms with Gasteiger partial charge in [0, 0.05) is 38.5 Å². The maximum absolute atomic E-state index is 5.65. The summed E-state index contributed by atoms with van der Waals surface area (Å²) in [4.78, 5) is 4.64. The van der Waals surface area contributed by atoms with E-state index in [1.165, 1.54) is 18.5 Å². The van der Waals surface area contributed by atoms with E-state index in [9.17, 15) is 0 Å². The highest BCUT2D eigenvalue weighted by molar-refractivity contribution is 5.79. The molecule has 1 saturated heterocycles. The molecule has 0 radical (unpaired) electrons. The number of aryl methyl sites for hydroxylation is 3. The molecule has 0 spiro atoms. The van der Waals surface area contributed by atoms with Crippen molar-refractivity contribution < 1.29 is 4.74 Å². The lowest BCUT2D eigenvalue weighted by Crippen LogP contribution is -2.38. The lowest BCUT2D eigenvalue weighted by Gasteiger charge is -2.13. The number of nitrogens with zero attached hydrogens (tertiary/aromatic N) is 3. The summed E-state index contributed by atoms with van der Waals surface area (Å²) in [7, 11) is 0. The summed E-state index contributed by atoms with van der Waals surface area (Å²) in [6.45, 7) is 10.6. The first-order valence-electron chi connectivity index (χ1n) is 8.84. The zero-order valence-electron chi connectivity index (χ0n) is 14.8. The van der Waals surface area contributed by atoms with Crippen LogP contribution in [0.5, 0.6) is 0 Å². The molecule has 1 aliphatic rings. The van der Waals surface area contributed by atoms with Crippen LogP contribution >= 0.6 is 0 Å². The third-order valence-corrected chi connectivity index (χ3v) is 4.03. The summed E-state index contributed by atoms with van der Waals surface area (Å²) in [6, 6.07) is 2.11. The Kier molecular flexibility index (Phi) is 7.39. The monoisotopic (exact) mass is 321 g/mol. The normalized spacial score (nSPS) is 18.4. The predicted molar refractivity (Wildman–Crippen MR) is 93.9 cm³/mol. The maximum atomic E-state index is 5.65. The highest BCUT2D eigenvalue weighted by Crippen LogP contribution is 2.14. The maximum Gasteiger partial charge on any atom is 0.191 e. The average molecular weight is 321 g/mol. The van der Waals surface area contributed by atoms with Crippen LogP contribution in [0.3, 0.4) is 0 Å². The van der Waals surface area contributed by atoms with Gasteiger partial charge in [-0.25, -0.2) is 0 Å². The topological polar surface area (TPSA) is 63.5 Å². The van der Waals surface area contributed by atoms with Gasteiger partial charge in [-0.3, -0.25) is 9.67 Å². The van der Waals surface area contributed by atoms with Crippen LogP contribution in [-0.2, 0) is 11.3 Å². The van der Waals surface area contributed by atoms with E-state index in [0.29, 0.717) is 6.10 Å². The van der Waals surface area contributed by atoms with E-state index in [0.717, 1.165) is 57.3 Å². The second-order valence-corrected chi connectivity index (χ2v) is 6.11. The highest BCUT2D eigenvalue weighted by Gasteiger charge is 2.14. The van der Waals surface area contributed by atoms with Crippen LogP contribution in [0.15, 0.2) is 11.1 Å². The Hall–Kier alpha value is -1.56. The van der Waals surface area contributed by atoms with Gasteiger partial charge < -0.3 is 15.4 Å². The summed E-state index contributed by atoms with van der Waals surface area (Å²) in [6.07, 6.45) is 4.86. The van der Waals surface area contributed by atoms with Crippen LogP contribution in [0.25, 0.3) is 0 Å². The standard InChI is InChI=1S/C17H31N5O/c1-4-18-17(20-10-8-16-7-5-12-23-16)19-9-6-11-22-15(3)13-14(2)21-22/h13,16H,4-12H2,1-3H3,(H2,18,19,20). The van der Waals surface area contributed by atoms with E-state index in [1.807, 2.05) is 6.92 Å². The van der Waals surface area contributed by atoms with Gasteiger partial charge in [-0.15, -0.1) is 0 Å². The molecule has 1 aliphatic heterocycles. The first-order valence-corrected chi connectivity index (χ1v) is 8.84. The lowest BCUT2D eigenvalue weighted by atomic mass is 10.2. The molecule has 0 amide bonds. The smallest absolute Gasteiger partial charge is 0.191 e. The van der Waals surface area contributed by atoms with Crippen LogP contribution in [0, 0.1) is 13.8 Å². The fraction of sp³-hybridized carbons (Fsp3) is 0.765. The molecule has 1 aromatic rings. The minimum Gasteiger partial charge on any atom is -0.378 e. The Morgan fingerprint density at radius 2 is 2.30 bits per heavy atom. The van der Waals surface area contributed by atoms with E-state index in [-0.39, 0.29) is 0 Å². The van der Waals surface area contributed by atoms with Crippen molar-refractivity contribution >= 4 is 5.96 Å². The molecule has 6 nitrogen and oxygen atoms in total. The van der Waals surface area contributed by atoms with Crippen LogP contribution in [0.2, 0.25) is 0 Å². The van der Waals surface area contributed by atoms with Gasteiger partial charge in [0.1, 0.15) is 0 Å². The molecular formula is C17H31N5O. The molecular weight excluding hydrogens is 290 g/mol. The molecule has 23 heavy (non-hydrogen) atoms. The third kappa shape index (κ3) is 6.22. The minimum absolute atomic E-state index is 0.427. The van der Waals surface area contributed by atoms with Gasteiger partial charge in [-0.05, 0) is 52.5 Å². The molecule has 0 aromatic carbocycles. The van der Waals surface area contributed by atoms with E-state index >= 15 is 0 Å². The Bertz CT molecular complexity index is 491. The Morgan fingerprint density at radius 3 is 2.96 bits per heavy atom. The fourth-order valence-corrected chi connectivity index (χ4v) is 2.88. The second kappa shape index (κ2) is 9.55. The molecule has 1 aromatic heterocycles. The summed E-state index contributed by atoms with van der Waals surface area (Å²) in [5.74, 6) is 0.902. The van der Waals surface area contributed by atoms with Crippen molar-refractivity contribution in [3.05, 3.63) is 17.5 Å². The van der Waals surface area contributed by atoms with E-state index in [2.05, 4.69) is 45.3 Å². The number of aromatic nitrogens is 2. The van der Waals surface area contributed by atoms with Gasteiger partial charge in [0.05, 0.1) is 11.8 Å². The van der Waals surface area contributed by atoms with Crippen molar-refractivity contribution in [2.45, 2.75) is 59.1 Å². The van der Waals surface area contributed by atoms with E-state index < -0.39 is 0 Å². The average Bonchev–Trinajstić information content (AvgIpc) is 3.13. The molecule has 130 valence electrons. The van der Waals surface area contributed by atoms with Crippen molar-refractivity contribution in [3.8, 4) is 0 Å². The molecule has 2 rings (SSSR count). The molecule has 2 heterocycles. The van der Waals surface area contributed by atoms with E-state index in [4.69, 9.17) is 4.74 Å². The number of rotatable bonds is 8. The molecule has 1 atom stereocenters. The van der Waals surface area contributed by atoms with Crippen molar-refractivity contribution in [2.24, 2.45) is 4.99 Å². The van der Waals surface area contributed by atoms with Crippen LogP contribution < -0.4 is 10.6 Å². The fourth-order valence-electron chi connectivity index (χ4n) is 2.88. The Balaban J connectivity index is 1.68. The number of hydrogen-bond donors (Lipinski definition) is 2. The second-order valence-electron chi connectivity index (χ2n) is 6.11. The van der Waals surface area contributed by atoms with Gasteiger partial charge >= 0.3 is 0 Å². The first-order chi connectivity index (χ1) is 11.2. The van der Waals surface area contributed by atoms with Crippen molar-refractivity contribution in [1.82, 2.24) is 20.4 Å². The van der Waals surface area contributed by atoms with Crippen LogP contribution in [-0.4, -0.2) is 48.1 Å². The minimum atomic E-state index is 0.427. The van der Waals surface area contributed by atoms with Crippen molar-refractivity contribution in [3.63, 3.8) is 0 Å². The van der Waals surface area contributed by atoms with Crippen LogP contribution in [0.1, 0.15) is 44.0 Å². The third-order valence-electron chi connectivity index (χ3n) is 4.03. The molecule has 2 N–H and O–H groups in total. The van der Waals surface area contributed by atoms with Gasteiger partial charge in [0.2, 0.25) is 0 Å². The number of hydrogen-bond acceptors (Lipinski definition) is 3. The van der Waals surface area contributed by atoms with Gasteiger partial charge in [0.15, 0.2) is 5.96 Å². The number of aliphatic imine (C=N–C) groups is 1. The van der Waals surface area contributed by atoms with Crippen molar-refractivity contribution in [1.29, 1.82) is 0 Å². The molecule has 0 bridgehead atoms. The molecule has 0 saturated carbocycles. The number of nitrogens with one attached hydrogen (secondary N) is 2. The van der Waals surface area contributed by atoms with Gasteiger partial charge in [-0.2, -0.15) is 5.10 Å². The molecule has 1 fully saturated rings. The predicted octanol–water partition coefficient (Wildman–Crippen LogP) is 2.01. The lowest BCUT2D eigenvalue weighted by molar-refractivity contribution is 0.105. The zero-order valence-corrected chi connectivity index (χ0v) is 14.8. The van der Waals surface area contributed by atoms with Crippen LogP contribution in [0.4, 0.5) is 0 Å². The first kappa shape index (κ1) is 17.8. The Labute approximate surface area is 139 Å². The SMILES string of the molecule is CCNC(=NCCCn1nc(C)cc1C)NCCC1CCCO1. The number of ether oxygens (including phenoxy) is 1.